The Bertz CT molecular complexity index is 566. The monoisotopic (exact) mass is 315 g/mol. The fourth-order valence-electron chi connectivity index (χ4n) is 1.62. The van der Waals surface area contributed by atoms with Gasteiger partial charge in [0.1, 0.15) is 0 Å². The van der Waals surface area contributed by atoms with Crippen LogP contribution in [0.4, 0.5) is 0 Å². The molecule has 0 aromatic heterocycles. The minimum Gasteiger partial charge on any atom is -0.478 e. The molecule has 0 aliphatic heterocycles. The molecule has 0 fully saturated rings. The number of ether oxygens (including phenoxy) is 1. The van der Waals surface area contributed by atoms with Gasteiger partial charge in [-0.2, -0.15) is 0 Å². The molecule has 6 nitrogen and oxygen atoms in total. The molecule has 1 rings (SSSR count). The first kappa shape index (κ1) is 17.6. The molecule has 0 amide bonds. The van der Waals surface area contributed by atoms with Gasteiger partial charge in [-0.15, -0.1) is 0 Å². The summed E-state index contributed by atoms with van der Waals surface area (Å²) in [6.45, 7) is 4.40. The van der Waals surface area contributed by atoms with Crippen LogP contribution in [-0.2, 0) is 20.5 Å². The maximum Gasteiger partial charge on any atom is 0.335 e. The highest BCUT2D eigenvalue weighted by atomic mass is 32.2. The molecule has 1 aromatic carbocycles. The van der Waals surface area contributed by atoms with E-state index in [0.717, 1.165) is 0 Å². The van der Waals surface area contributed by atoms with Gasteiger partial charge in [-0.1, -0.05) is 12.1 Å². The van der Waals surface area contributed by atoms with Gasteiger partial charge in [0, 0.05) is 13.6 Å². The van der Waals surface area contributed by atoms with Crippen LogP contribution in [0.3, 0.4) is 0 Å². The third kappa shape index (κ3) is 5.82. The fraction of sp³-hybridized carbons (Fsp3) is 0.500. The maximum absolute atomic E-state index is 12.1. The second-order valence-electron chi connectivity index (χ2n) is 5.00. The van der Waals surface area contributed by atoms with Gasteiger partial charge in [-0.05, 0) is 31.5 Å². The van der Waals surface area contributed by atoms with Crippen LogP contribution in [0.25, 0.3) is 0 Å². The number of rotatable bonds is 8. The number of carbonyl (C=O) groups is 1. The van der Waals surface area contributed by atoms with Crippen molar-refractivity contribution < 1.29 is 23.1 Å². The smallest absolute Gasteiger partial charge is 0.335 e. The molecule has 0 aliphatic rings. The number of carboxylic acid groups (broad SMARTS) is 1. The normalized spacial score (nSPS) is 12.0. The Balaban J connectivity index is 2.64. The van der Waals surface area contributed by atoms with Gasteiger partial charge in [0.05, 0.1) is 24.0 Å². The summed E-state index contributed by atoms with van der Waals surface area (Å²) in [4.78, 5) is 10.7. The quantitative estimate of drug-likeness (QED) is 0.787. The first-order valence-corrected chi connectivity index (χ1v) is 8.21. The van der Waals surface area contributed by atoms with Crippen LogP contribution in [0.5, 0.6) is 0 Å². The van der Waals surface area contributed by atoms with Gasteiger partial charge in [0.25, 0.3) is 0 Å². The van der Waals surface area contributed by atoms with Gasteiger partial charge in [0.15, 0.2) is 0 Å². The van der Waals surface area contributed by atoms with Crippen LogP contribution in [0, 0.1) is 0 Å². The molecular weight excluding hydrogens is 294 g/mol. The topological polar surface area (TPSA) is 83.9 Å². The zero-order chi connectivity index (χ0) is 16.0. The van der Waals surface area contributed by atoms with Crippen molar-refractivity contribution in [3.8, 4) is 0 Å². The predicted molar refractivity (Wildman–Crippen MR) is 79.7 cm³/mol. The lowest BCUT2D eigenvalue weighted by atomic mass is 10.1. The van der Waals surface area contributed by atoms with E-state index in [-0.39, 0.29) is 24.0 Å². The number of aromatic carboxylic acids is 1. The van der Waals surface area contributed by atoms with Crippen LogP contribution in [-0.4, -0.2) is 50.1 Å². The zero-order valence-corrected chi connectivity index (χ0v) is 13.3. The summed E-state index contributed by atoms with van der Waals surface area (Å²) in [5.74, 6) is -1.20. The maximum atomic E-state index is 12.1. The standard InChI is InChI=1S/C14H21NO5S/c1-11(2)20-9-8-15(3)21(18,19)10-12-4-6-13(7-5-12)14(16)17/h4-7,11H,8-10H2,1-3H3,(H,16,17). The number of hydrogen-bond donors (Lipinski definition) is 1. The van der Waals surface area contributed by atoms with Crippen molar-refractivity contribution in [2.45, 2.75) is 25.7 Å². The Hall–Kier alpha value is -1.44. The van der Waals surface area contributed by atoms with Crippen LogP contribution in [0.15, 0.2) is 24.3 Å². The van der Waals surface area contributed by atoms with E-state index in [9.17, 15) is 13.2 Å². The van der Waals surface area contributed by atoms with E-state index in [1.807, 2.05) is 13.8 Å². The van der Waals surface area contributed by atoms with Crippen LogP contribution in [0.2, 0.25) is 0 Å². The second kappa shape index (κ2) is 7.53. The van der Waals surface area contributed by atoms with E-state index in [2.05, 4.69) is 0 Å². The fourth-order valence-corrected chi connectivity index (χ4v) is 2.81. The molecule has 1 aromatic rings. The van der Waals surface area contributed by atoms with Crippen LogP contribution < -0.4 is 0 Å². The van der Waals surface area contributed by atoms with Crippen molar-refractivity contribution in [3.05, 3.63) is 35.4 Å². The molecule has 0 spiro atoms. The molecule has 0 atom stereocenters. The van der Waals surface area contributed by atoms with Crippen LogP contribution in [0.1, 0.15) is 29.8 Å². The lowest BCUT2D eigenvalue weighted by Crippen LogP contribution is -2.31. The molecule has 21 heavy (non-hydrogen) atoms. The number of benzene rings is 1. The SMILES string of the molecule is CC(C)OCCN(C)S(=O)(=O)Cc1ccc(C(=O)O)cc1. The molecule has 1 N–H and O–H groups in total. The molecule has 118 valence electrons. The first-order chi connectivity index (χ1) is 9.72. The minimum absolute atomic E-state index is 0.0599. The minimum atomic E-state index is -3.44. The molecular formula is C14H21NO5S. The molecule has 0 aliphatic carbocycles. The summed E-state index contributed by atoms with van der Waals surface area (Å²) in [5, 5.41) is 8.80. The Kier molecular flexibility index (Phi) is 6.32. The van der Waals surface area contributed by atoms with Crippen molar-refractivity contribution in [3.63, 3.8) is 0 Å². The van der Waals surface area contributed by atoms with Gasteiger partial charge in [-0.25, -0.2) is 17.5 Å². The van der Waals surface area contributed by atoms with Gasteiger partial charge in [-0.3, -0.25) is 0 Å². The lowest BCUT2D eigenvalue weighted by molar-refractivity contribution is 0.0696. The Labute approximate surface area is 125 Å². The van der Waals surface area contributed by atoms with Crippen molar-refractivity contribution in [2.24, 2.45) is 0 Å². The van der Waals surface area contributed by atoms with E-state index in [1.165, 1.54) is 35.6 Å². The average molecular weight is 315 g/mol. The molecule has 0 radical (unpaired) electrons. The Morgan fingerprint density at radius 1 is 1.29 bits per heavy atom. The summed E-state index contributed by atoms with van der Waals surface area (Å²) >= 11 is 0. The van der Waals surface area contributed by atoms with Crippen molar-refractivity contribution >= 4 is 16.0 Å². The third-order valence-corrected chi connectivity index (χ3v) is 4.71. The summed E-state index contributed by atoms with van der Waals surface area (Å²) in [6.07, 6.45) is 0.0599. The summed E-state index contributed by atoms with van der Waals surface area (Å²) in [6, 6.07) is 5.82. The molecule has 0 unspecified atom stereocenters. The summed E-state index contributed by atoms with van der Waals surface area (Å²) in [7, 11) is -1.93. The third-order valence-electron chi connectivity index (χ3n) is 2.88. The predicted octanol–water partition coefficient (Wildman–Crippen LogP) is 1.57. The highest BCUT2D eigenvalue weighted by molar-refractivity contribution is 7.88. The van der Waals surface area contributed by atoms with Crippen molar-refractivity contribution in [2.75, 3.05) is 20.2 Å². The molecule has 0 bridgehead atoms. The molecule has 7 heteroatoms. The van der Waals surface area contributed by atoms with E-state index >= 15 is 0 Å². The number of likely N-dealkylation sites (N-methyl/N-ethyl adjacent to an activating group) is 1. The van der Waals surface area contributed by atoms with E-state index in [1.54, 1.807) is 0 Å². The Morgan fingerprint density at radius 2 is 1.86 bits per heavy atom. The first-order valence-electron chi connectivity index (χ1n) is 6.60. The number of nitrogens with zero attached hydrogens (tertiary/aromatic N) is 1. The largest absolute Gasteiger partial charge is 0.478 e. The average Bonchev–Trinajstić information content (AvgIpc) is 2.38. The Morgan fingerprint density at radius 3 is 2.33 bits per heavy atom. The highest BCUT2D eigenvalue weighted by Crippen LogP contribution is 2.11. The summed E-state index contributed by atoms with van der Waals surface area (Å²) < 4.78 is 30.9. The number of sulfonamides is 1. The van der Waals surface area contributed by atoms with Crippen molar-refractivity contribution in [1.29, 1.82) is 0 Å². The van der Waals surface area contributed by atoms with Crippen LogP contribution >= 0.6 is 0 Å². The lowest BCUT2D eigenvalue weighted by Gasteiger charge is -2.18. The summed E-state index contributed by atoms with van der Waals surface area (Å²) in [5.41, 5.74) is 0.687. The van der Waals surface area contributed by atoms with Gasteiger partial charge < -0.3 is 9.84 Å². The van der Waals surface area contributed by atoms with E-state index < -0.39 is 16.0 Å². The number of hydrogen-bond acceptors (Lipinski definition) is 4. The second-order valence-corrected chi connectivity index (χ2v) is 7.08. The zero-order valence-electron chi connectivity index (χ0n) is 12.4. The van der Waals surface area contributed by atoms with E-state index in [0.29, 0.717) is 12.2 Å². The van der Waals surface area contributed by atoms with Crippen molar-refractivity contribution in [1.82, 2.24) is 4.31 Å². The highest BCUT2D eigenvalue weighted by Gasteiger charge is 2.18. The molecule has 0 saturated heterocycles. The van der Waals surface area contributed by atoms with E-state index in [4.69, 9.17) is 9.84 Å². The number of carboxylic acids is 1. The molecule has 0 saturated carbocycles. The molecule has 0 heterocycles. The van der Waals surface area contributed by atoms with Gasteiger partial charge in [0.2, 0.25) is 10.0 Å². The van der Waals surface area contributed by atoms with Gasteiger partial charge >= 0.3 is 5.97 Å².